The van der Waals surface area contributed by atoms with Crippen LogP contribution >= 0.6 is 0 Å². The van der Waals surface area contributed by atoms with Crippen molar-refractivity contribution in [1.29, 1.82) is 0 Å². The predicted molar refractivity (Wildman–Crippen MR) is 81.1 cm³/mol. The highest BCUT2D eigenvalue weighted by molar-refractivity contribution is 5.67. The summed E-state index contributed by atoms with van der Waals surface area (Å²) in [5.41, 5.74) is 6.69. The Morgan fingerprint density at radius 1 is 1.45 bits per heavy atom. The van der Waals surface area contributed by atoms with E-state index in [1.807, 2.05) is 20.9 Å². The molecule has 1 aliphatic heterocycles. The number of likely N-dealkylation sites (tertiary alicyclic amines) is 1. The Labute approximate surface area is 120 Å². The lowest BCUT2D eigenvalue weighted by molar-refractivity contribution is 0.233. The van der Waals surface area contributed by atoms with Crippen LogP contribution in [0.2, 0.25) is 0 Å². The lowest BCUT2D eigenvalue weighted by Crippen LogP contribution is -2.45. The van der Waals surface area contributed by atoms with Crippen molar-refractivity contribution in [1.82, 2.24) is 14.9 Å². The predicted octanol–water partition coefficient (Wildman–Crippen LogP) is 1.38. The van der Waals surface area contributed by atoms with Gasteiger partial charge in [0, 0.05) is 19.6 Å². The van der Waals surface area contributed by atoms with Gasteiger partial charge in [0.05, 0.1) is 6.10 Å². The normalized spacial score (nSPS) is 20.1. The minimum Gasteiger partial charge on any atom is -0.473 e. The molecule has 20 heavy (non-hydrogen) atoms. The van der Waals surface area contributed by atoms with E-state index >= 15 is 0 Å². The van der Waals surface area contributed by atoms with Crippen LogP contribution in [0.3, 0.4) is 0 Å². The molecule has 0 aromatic carbocycles. The summed E-state index contributed by atoms with van der Waals surface area (Å²) in [6.07, 6.45) is 3.93. The number of nitrogens with two attached hydrogens (primary N) is 1. The molecule has 1 aromatic rings. The van der Waals surface area contributed by atoms with E-state index in [1.54, 1.807) is 0 Å². The number of nitrogen functional groups attached to an aromatic ring is 1. The maximum absolute atomic E-state index is 6.17. The van der Waals surface area contributed by atoms with Crippen molar-refractivity contribution in [2.45, 2.75) is 38.8 Å². The molecule has 2 heterocycles. The lowest BCUT2D eigenvalue weighted by Gasteiger charge is -2.36. The van der Waals surface area contributed by atoms with Gasteiger partial charge in [-0.15, -0.1) is 0 Å². The summed E-state index contributed by atoms with van der Waals surface area (Å²) >= 11 is 0. The van der Waals surface area contributed by atoms with Crippen LogP contribution in [0.5, 0.6) is 5.88 Å². The van der Waals surface area contributed by atoms with Gasteiger partial charge >= 0.3 is 0 Å². The second-order valence-corrected chi connectivity index (χ2v) is 5.75. The standard InChI is InChI=1S/C14H25N5O/c1-10(2)20-14-12(15)13(16-9-17-14)19(4)11-6-5-7-18(3)8-11/h9-11H,5-8,15H2,1-4H3. The Bertz CT molecular complexity index is 451. The minimum atomic E-state index is 0.0474. The molecule has 1 saturated heterocycles. The zero-order chi connectivity index (χ0) is 14.7. The van der Waals surface area contributed by atoms with Crippen LogP contribution in [0.1, 0.15) is 26.7 Å². The third kappa shape index (κ3) is 3.30. The second kappa shape index (κ2) is 6.26. The fourth-order valence-electron chi connectivity index (χ4n) is 2.60. The van der Waals surface area contributed by atoms with Gasteiger partial charge in [-0.3, -0.25) is 0 Å². The highest BCUT2D eigenvalue weighted by Crippen LogP contribution is 2.30. The maximum atomic E-state index is 6.17. The summed E-state index contributed by atoms with van der Waals surface area (Å²) < 4.78 is 5.63. The molecule has 1 fully saturated rings. The summed E-state index contributed by atoms with van der Waals surface area (Å²) in [5, 5.41) is 0. The molecule has 0 bridgehead atoms. The highest BCUT2D eigenvalue weighted by Gasteiger charge is 2.24. The molecular weight excluding hydrogens is 254 g/mol. The molecule has 0 aliphatic carbocycles. The Morgan fingerprint density at radius 2 is 2.20 bits per heavy atom. The van der Waals surface area contributed by atoms with Crippen molar-refractivity contribution in [3.05, 3.63) is 6.33 Å². The van der Waals surface area contributed by atoms with Crippen LogP contribution < -0.4 is 15.4 Å². The average molecular weight is 279 g/mol. The number of likely N-dealkylation sites (N-methyl/N-ethyl adjacent to an activating group) is 2. The Morgan fingerprint density at radius 3 is 2.85 bits per heavy atom. The molecule has 2 rings (SSSR count). The van der Waals surface area contributed by atoms with Crippen molar-refractivity contribution in [3.63, 3.8) is 0 Å². The molecule has 2 N–H and O–H groups in total. The van der Waals surface area contributed by atoms with Crippen LogP contribution in [0.4, 0.5) is 11.5 Å². The van der Waals surface area contributed by atoms with E-state index in [-0.39, 0.29) is 6.10 Å². The second-order valence-electron chi connectivity index (χ2n) is 5.75. The lowest BCUT2D eigenvalue weighted by atomic mass is 10.1. The van der Waals surface area contributed by atoms with E-state index in [0.29, 0.717) is 17.6 Å². The molecular formula is C14H25N5O. The fraction of sp³-hybridized carbons (Fsp3) is 0.714. The molecule has 1 atom stereocenters. The molecule has 1 aromatic heterocycles. The van der Waals surface area contributed by atoms with E-state index in [1.165, 1.54) is 12.7 Å². The first-order valence-corrected chi connectivity index (χ1v) is 7.17. The van der Waals surface area contributed by atoms with E-state index < -0.39 is 0 Å². The van der Waals surface area contributed by atoms with E-state index in [4.69, 9.17) is 10.5 Å². The molecule has 6 heteroatoms. The van der Waals surface area contributed by atoms with E-state index in [9.17, 15) is 0 Å². The van der Waals surface area contributed by atoms with Gasteiger partial charge in [0.1, 0.15) is 12.0 Å². The van der Waals surface area contributed by atoms with E-state index in [0.717, 1.165) is 25.3 Å². The van der Waals surface area contributed by atoms with Crippen molar-refractivity contribution < 1.29 is 4.74 Å². The zero-order valence-corrected chi connectivity index (χ0v) is 12.8. The third-order valence-corrected chi connectivity index (χ3v) is 3.66. The molecule has 1 unspecified atom stereocenters. The molecule has 0 radical (unpaired) electrons. The molecule has 6 nitrogen and oxygen atoms in total. The first-order valence-electron chi connectivity index (χ1n) is 7.17. The number of ether oxygens (including phenoxy) is 1. The first kappa shape index (κ1) is 14.8. The molecule has 0 saturated carbocycles. The topological polar surface area (TPSA) is 67.5 Å². The Kier molecular flexibility index (Phi) is 4.65. The van der Waals surface area contributed by atoms with Gasteiger partial charge in [0.15, 0.2) is 5.82 Å². The van der Waals surface area contributed by atoms with Gasteiger partial charge in [-0.25, -0.2) is 4.98 Å². The molecule has 112 valence electrons. The number of nitrogens with zero attached hydrogens (tertiary/aromatic N) is 4. The van der Waals surface area contributed by atoms with Crippen molar-refractivity contribution in [2.75, 3.05) is 37.8 Å². The van der Waals surface area contributed by atoms with E-state index in [2.05, 4.69) is 26.8 Å². The van der Waals surface area contributed by atoms with Crippen molar-refractivity contribution in [2.24, 2.45) is 0 Å². The quantitative estimate of drug-likeness (QED) is 0.898. The van der Waals surface area contributed by atoms with Crippen molar-refractivity contribution in [3.8, 4) is 5.88 Å². The SMILES string of the molecule is CC(C)Oc1ncnc(N(C)C2CCCN(C)C2)c1N. The minimum absolute atomic E-state index is 0.0474. The summed E-state index contributed by atoms with van der Waals surface area (Å²) in [5.74, 6) is 1.23. The summed E-state index contributed by atoms with van der Waals surface area (Å²) in [7, 11) is 4.19. The van der Waals surface area contributed by atoms with Gasteiger partial charge < -0.3 is 20.3 Å². The zero-order valence-electron chi connectivity index (χ0n) is 12.8. The molecule has 0 spiro atoms. The van der Waals surface area contributed by atoms with Crippen molar-refractivity contribution >= 4 is 11.5 Å². The summed E-state index contributed by atoms with van der Waals surface area (Å²) in [4.78, 5) is 13.0. The Balaban J connectivity index is 2.18. The Hall–Kier alpha value is -1.56. The number of hydrogen-bond donors (Lipinski definition) is 1. The molecule has 1 aliphatic rings. The fourth-order valence-corrected chi connectivity index (χ4v) is 2.60. The number of piperidine rings is 1. The monoisotopic (exact) mass is 279 g/mol. The van der Waals surface area contributed by atoms with Crippen LogP contribution in [-0.2, 0) is 0 Å². The number of anilines is 2. The van der Waals surface area contributed by atoms with Gasteiger partial charge in [-0.1, -0.05) is 0 Å². The van der Waals surface area contributed by atoms with Gasteiger partial charge in [0.2, 0.25) is 5.88 Å². The van der Waals surface area contributed by atoms with Gasteiger partial charge in [0.25, 0.3) is 0 Å². The highest BCUT2D eigenvalue weighted by atomic mass is 16.5. The number of rotatable bonds is 4. The molecule has 0 amide bonds. The van der Waals surface area contributed by atoms with Crippen LogP contribution in [0, 0.1) is 0 Å². The first-order chi connectivity index (χ1) is 9.49. The third-order valence-electron chi connectivity index (χ3n) is 3.66. The smallest absolute Gasteiger partial charge is 0.242 e. The van der Waals surface area contributed by atoms with Gasteiger partial charge in [-0.05, 0) is 40.3 Å². The maximum Gasteiger partial charge on any atom is 0.242 e. The van der Waals surface area contributed by atoms with Gasteiger partial charge in [-0.2, -0.15) is 4.98 Å². The average Bonchev–Trinajstić information content (AvgIpc) is 2.40. The summed E-state index contributed by atoms with van der Waals surface area (Å²) in [6.45, 7) is 6.10. The number of aromatic nitrogens is 2. The van der Waals surface area contributed by atoms with Crippen LogP contribution in [-0.4, -0.2) is 54.2 Å². The van der Waals surface area contributed by atoms with Crippen LogP contribution in [0.15, 0.2) is 6.33 Å². The van der Waals surface area contributed by atoms with Crippen LogP contribution in [0.25, 0.3) is 0 Å². The number of hydrogen-bond acceptors (Lipinski definition) is 6. The largest absolute Gasteiger partial charge is 0.473 e. The summed E-state index contributed by atoms with van der Waals surface area (Å²) in [6, 6.07) is 0.429.